The minimum atomic E-state index is -0.301. The number of likely N-dealkylation sites (tertiary alicyclic amines) is 2. The van der Waals surface area contributed by atoms with Crippen molar-refractivity contribution < 1.29 is 14.0 Å². The average Bonchev–Trinajstić information content (AvgIpc) is 3.14. The molecule has 2 saturated heterocycles. The number of fused-ring (bicyclic) bond motifs is 2. The zero-order valence-electron chi connectivity index (χ0n) is 17.2. The van der Waals surface area contributed by atoms with Gasteiger partial charge < -0.3 is 9.80 Å². The normalized spacial score (nSPS) is 21.3. The summed E-state index contributed by atoms with van der Waals surface area (Å²) >= 11 is 0. The first-order valence-electron chi connectivity index (χ1n) is 10.8. The van der Waals surface area contributed by atoms with Gasteiger partial charge in [-0.2, -0.15) is 0 Å². The molecule has 158 valence electrons. The van der Waals surface area contributed by atoms with Crippen molar-refractivity contribution in [3.05, 3.63) is 77.7 Å². The van der Waals surface area contributed by atoms with Crippen molar-refractivity contribution in [2.75, 3.05) is 13.1 Å². The summed E-state index contributed by atoms with van der Waals surface area (Å²) < 4.78 is 13.7. The molecule has 31 heavy (non-hydrogen) atoms. The maximum atomic E-state index is 13.7. The van der Waals surface area contributed by atoms with Gasteiger partial charge in [-0.25, -0.2) is 4.39 Å². The maximum Gasteiger partial charge on any atom is 0.253 e. The number of amides is 2. The Morgan fingerprint density at radius 2 is 2.00 bits per heavy atom. The van der Waals surface area contributed by atoms with E-state index >= 15 is 0 Å². The second-order valence-electron chi connectivity index (χ2n) is 8.49. The van der Waals surface area contributed by atoms with E-state index in [1.54, 1.807) is 12.3 Å². The molecule has 2 aromatic carbocycles. The Morgan fingerprint density at radius 3 is 2.87 bits per heavy atom. The molecule has 3 aromatic rings. The van der Waals surface area contributed by atoms with E-state index in [4.69, 9.17) is 0 Å². The third-order valence-corrected chi connectivity index (χ3v) is 6.47. The van der Waals surface area contributed by atoms with Gasteiger partial charge in [0.1, 0.15) is 5.82 Å². The highest BCUT2D eigenvalue weighted by Gasteiger charge is 2.42. The summed E-state index contributed by atoms with van der Waals surface area (Å²) in [6, 6.07) is 15.8. The third kappa shape index (κ3) is 3.90. The van der Waals surface area contributed by atoms with Crippen LogP contribution in [0.25, 0.3) is 10.9 Å². The van der Waals surface area contributed by atoms with Crippen LogP contribution >= 0.6 is 0 Å². The smallest absolute Gasteiger partial charge is 0.253 e. The Kier molecular flexibility index (Phi) is 5.14. The molecular weight excluding hydrogens is 393 g/mol. The van der Waals surface area contributed by atoms with Crippen LogP contribution in [0.5, 0.6) is 0 Å². The molecule has 0 N–H and O–H groups in total. The number of carbonyl (C=O) groups excluding carboxylic acids is 2. The van der Waals surface area contributed by atoms with Crippen LogP contribution in [0, 0.1) is 11.7 Å². The van der Waals surface area contributed by atoms with Gasteiger partial charge in [0.05, 0.1) is 11.6 Å². The molecule has 3 heterocycles. The first kappa shape index (κ1) is 19.7. The SMILES string of the molecule is O=C(c1ccc2ncccc2c1)N1C[C@H]2CCCC(=O)N(Cc3cccc(F)c3)[C@H]2C1. The van der Waals surface area contributed by atoms with Crippen molar-refractivity contribution in [1.29, 1.82) is 0 Å². The molecule has 0 bridgehead atoms. The quantitative estimate of drug-likeness (QED) is 0.647. The van der Waals surface area contributed by atoms with Crippen LogP contribution in [0.15, 0.2) is 60.8 Å². The number of rotatable bonds is 3. The van der Waals surface area contributed by atoms with Crippen LogP contribution in [0.4, 0.5) is 4.39 Å². The Hall–Kier alpha value is -3.28. The van der Waals surface area contributed by atoms with Crippen molar-refractivity contribution in [1.82, 2.24) is 14.8 Å². The van der Waals surface area contributed by atoms with Crippen LogP contribution in [0.3, 0.4) is 0 Å². The Balaban J connectivity index is 1.38. The van der Waals surface area contributed by atoms with E-state index < -0.39 is 0 Å². The van der Waals surface area contributed by atoms with Crippen LogP contribution < -0.4 is 0 Å². The average molecular weight is 417 g/mol. The fourth-order valence-corrected chi connectivity index (χ4v) is 4.93. The monoisotopic (exact) mass is 417 g/mol. The molecular formula is C25H24FN3O2. The Bertz CT molecular complexity index is 1150. The van der Waals surface area contributed by atoms with Crippen molar-refractivity contribution in [3.63, 3.8) is 0 Å². The molecule has 0 spiro atoms. The topological polar surface area (TPSA) is 53.5 Å². The summed E-state index contributed by atoms with van der Waals surface area (Å²) in [5, 5.41) is 0.935. The molecule has 0 unspecified atom stereocenters. The predicted molar refractivity (Wildman–Crippen MR) is 116 cm³/mol. The summed E-state index contributed by atoms with van der Waals surface area (Å²) in [7, 11) is 0. The third-order valence-electron chi connectivity index (χ3n) is 6.47. The van der Waals surface area contributed by atoms with E-state index in [0.717, 1.165) is 29.3 Å². The lowest BCUT2D eigenvalue weighted by atomic mass is 9.98. The zero-order valence-corrected chi connectivity index (χ0v) is 17.2. The number of nitrogens with zero attached hydrogens (tertiary/aromatic N) is 3. The molecule has 0 aliphatic carbocycles. The second kappa shape index (κ2) is 8.10. The first-order valence-corrected chi connectivity index (χ1v) is 10.8. The van der Waals surface area contributed by atoms with Gasteiger partial charge in [-0.15, -0.1) is 0 Å². The van der Waals surface area contributed by atoms with Crippen LogP contribution in [0.2, 0.25) is 0 Å². The molecule has 5 nitrogen and oxygen atoms in total. The lowest BCUT2D eigenvalue weighted by Gasteiger charge is -2.30. The summed E-state index contributed by atoms with van der Waals surface area (Å²) in [6.07, 6.45) is 3.99. The highest BCUT2D eigenvalue weighted by atomic mass is 19.1. The molecule has 6 heteroatoms. The number of hydrogen-bond acceptors (Lipinski definition) is 3. The van der Waals surface area contributed by atoms with Crippen LogP contribution in [-0.2, 0) is 11.3 Å². The summed E-state index contributed by atoms with van der Waals surface area (Å²) in [5.74, 6) is 0.0104. The van der Waals surface area contributed by atoms with E-state index in [-0.39, 0.29) is 29.6 Å². The number of hydrogen-bond donors (Lipinski definition) is 0. The lowest BCUT2D eigenvalue weighted by molar-refractivity contribution is -0.133. The molecule has 2 aliphatic heterocycles. The minimum Gasteiger partial charge on any atom is -0.336 e. The summed E-state index contributed by atoms with van der Waals surface area (Å²) in [5.41, 5.74) is 2.28. The standard InChI is InChI=1S/C25H24FN3O2/c26-21-7-1-4-17(12-21)14-29-23-16-28(15-20(23)5-2-8-24(29)30)25(31)19-9-10-22-18(13-19)6-3-11-27-22/h1,3-4,6-7,9-13,20,23H,2,5,8,14-16H2/t20-,23+/m1/s1. The summed E-state index contributed by atoms with van der Waals surface area (Å²) in [4.78, 5) is 34.2. The molecule has 2 atom stereocenters. The molecule has 0 saturated carbocycles. The number of benzene rings is 2. The maximum absolute atomic E-state index is 13.7. The van der Waals surface area contributed by atoms with Crippen molar-refractivity contribution in [2.45, 2.75) is 31.8 Å². The molecule has 0 radical (unpaired) electrons. The molecule has 2 fully saturated rings. The van der Waals surface area contributed by atoms with Crippen LogP contribution in [0.1, 0.15) is 35.2 Å². The number of pyridine rings is 1. The van der Waals surface area contributed by atoms with E-state index in [0.29, 0.717) is 31.6 Å². The van der Waals surface area contributed by atoms with Gasteiger partial charge in [0.15, 0.2) is 0 Å². The van der Waals surface area contributed by atoms with E-state index in [1.165, 1.54) is 12.1 Å². The van der Waals surface area contributed by atoms with Gasteiger partial charge >= 0.3 is 0 Å². The van der Waals surface area contributed by atoms with Crippen LogP contribution in [-0.4, -0.2) is 45.7 Å². The molecule has 5 rings (SSSR count). The highest BCUT2D eigenvalue weighted by Crippen LogP contribution is 2.32. The molecule has 2 amide bonds. The van der Waals surface area contributed by atoms with Gasteiger partial charge in [0.2, 0.25) is 5.91 Å². The van der Waals surface area contributed by atoms with Gasteiger partial charge in [-0.3, -0.25) is 14.6 Å². The second-order valence-corrected chi connectivity index (χ2v) is 8.49. The predicted octanol–water partition coefficient (Wildman–Crippen LogP) is 4.03. The van der Waals surface area contributed by atoms with E-state index in [2.05, 4.69) is 4.98 Å². The number of halogens is 1. The Morgan fingerprint density at radius 1 is 1.10 bits per heavy atom. The van der Waals surface area contributed by atoms with Crippen molar-refractivity contribution in [3.8, 4) is 0 Å². The molecule has 2 aliphatic rings. The van der Waals surface area contributed by atoms with Gasteiger partial charge in [-0.05, 0) is 60.7 Å². The fraction of sp³-hybridized carbons (Fsp3) is 0.320. The Labute approximate surface area is 180 Å². The van der Waals surface area contributed by atoms with Gasteiger partial charge in [0, 0.05) is 43.2 Å². The first-order chi connectivity index (χ1) is 15.1. The van der Waals surface area contributed by atoms with Gasteiger partial charge in [-0.1, -0.05) is 18.2 Å². The van der Waals surface area contributed by atoms with Crippen molar-refractivity contribution in [2.24, 2.45) is 5.92 Å². The molecule has 1 aromatic heterocycles. The van der Waals surface area contributed by atoms with Crippen molar-refractivity contribution >= 4 is 22.7 Å². The highest BCUT2D eigenvalue weighted by molar-refractivity contribution is 5.98. The van der Waals surface area contributed by atoms with Gasteiger partial charge in [0.25, 0.3) is 5.91 Å². The zero-order chi connectivity index (χ0) is 21.4. The van der Waals surface area contributed by atoms with E-state index in [1.807, 2.05) is 46.2 Å². The summed E-state index contributed by atoms with van der Waals surface area (Å²) in [6.45, 7) is 1.53. The minimum absolute atomic E-state index is 0.0167. The lowest BCUT2D eigenvalue weighted by Crippen LogP contribution is -2.43. The van der Waals surface area contributed by atoms with E-state index in [9.17, 15) is 14.0 Å². The fourth-order valence-electron chi connectivity index (χ4n) is 4.93. The number of carbonyl (C=O) groups is 2. The number of aromatic nitrogens is 1. The largest absolute Gasteiger partial charge is 0.336 e.